The molecule has 1 N–H and O–H groups in total. The smallest absolute Gasteiger partial charge is 0.416 e. The Morgan fingerprint density at radius 1 is 1.15 bits per heavy atom. The van der Waals surface area contributed by atoms with E-state index in [0.29, 0.717) is 16.8 Å². The van der Waals surface area contributed by atoms with Crippen LogP contribution < -0.4 is 0 Å². The molecule has 1 heterocycles. The molecular weight excluding hydrogens is 271 g/mol. The lowest BCUT2D eigenvalue weighted by Crippen LogP contribution is -2.05. The topological polar surface area (TPSA) is 50.2 Å². The summed E-state index contributed by atoms with van der Waals surface area (Å²) in [5, 5.41) is 8.80. The van der Waals surface area contributed by atoms with Crippen LogP contribution in [0.3, 0.4) is 0 Å². The van der Waals surface area contributed by atoms with Crippen LogP contribution in [0.1, 0.15) is 11.3 Å². The predicted octanol–water partition coefficient (Wildman–Crippen LogP) is 3.39. The van der Waals surface area contributed by atoms with Gasteiger partial charge in [-0.2, -0.15) is 13.2 Å². The van der Waals surface area contributed by atoms with Gasteiger partial charge in [-0.15, -0.1) is 0 Å². The van der Waals surface area contributed by atoms with E-state index in [2.05, 4.69) is 4.98 Å². The Bertz CT molecular complexity index is 621. The lowest BCUT2D eigenvalue weighted by Gasteiger charge is -2.09. The van der Waals surface area contributed by atoms with Crippen LogP contribution in [-0.2, 0) is 17.4 Å². The molecule has 1 aromatic heterocycles. The molecule has 20 heavy (non-hydrogen) atoms. The molecule has 0 saturated heterocycles. The Balaban J connectivity index is 2.39. The van der Waals surface area contributed by atoms with E-state index in [0.717, 1.165) is 12.1 Å². The first kappa shape index (κ1) is 14.0. The number of nitrogens with zero attached hydrogens (tertiary/aromatic N) is 1. The van der Waals surface area contributed by atoms with Crippen LogP contribution in [0.15, 0.2) is 42.6 Å². The number of aromatic nitrogens is 1. The highest BCUT2D eigenvalue weighted by atomic mass is 19.4. The predicted molar refractivity (Wildman–Crippen MR) is 66.0 cm³/mol. The second-order valence-corrected chi connectivity index (χ2v) is 4.14. The molecule has 0 aliphatic heterocycles. The highest BCUT2D eigenvalue weighted by Gasteiger charge is 2.30. The number of halogens is 3. The van der Waals surface area contributed by atoms with Crippen molar-refractivity contribution in [2.45, 2.75) is 12.6 Å². The van der Waals surface area contributed by atoms with E-state index in [1.54, 1.807) is 12.1 Å². The summed E-state index contributed by atoms with van der Waals surface area (Å²) in [7, 11) is 0. The Morgan fingerprint density at radius 2 is 1.80 bits per heavy atom. The van der Waals surface area contributed by atoms with Gasteiger partial charge in [-0.3, -0.25) is 9.78 Å². The molecule has 0 atom stereocenters. The fourth-order valence-electron chi connectivity index (χ4n) is 1.82. The maximum absolute atomic E-state index is 12.5. The minimum atomic E-state index is -4.39. The standard InChI is InChI=1S/C14H10F3NO2/c15-14(16,17)10-5-3-9(4-6-10)11-2-1-7-18-12(11)8-13(19)20/h1-7H,8H2,(H,19,20). The third-order valence-corrected chi connectivity index (χ3v) is 2.73. The van der Waals surface area contributed by atoms with Crippen LogP contribution in [-0.4, -0.2) is 16.1 Å². The molecule has 2 aromatic rings. The number of aliphatic carboxylic acids is 1. The van der Waals surface area contributed by atoms with Crippen molar-refractivity contribution in [3.8, 4) is 11.1 Å². The van der Waals surface area contributed by atoms with Gasteiger partial charge in [-0.1, -0.05) is 18.2 Å². The summed E-state index contributed by atoms with van der Waals surface area (Å²) < 4.78 is 37.4. The van der Waals surface area contributed by atoms with E-state index in [4.69, 9.17) is 5.11 Å². The molecule has 0 fully saturated rings. The summed E-state index contributed by atoms with van der Waals surface area (Å²) in [5.74, 6) is -1.04. The molecule has 0 amide bonds. The number of benzene rings is 1. The van der Waals surface area contributed by atoms with Crippen molar-refractivity contribution in [3.05, 3.63) is 53.9 Å². The SMILES string of the molecule is O=C(O)Cc1ncccc1-c1ccc(C(F)(F)F)cc1. The maximum Gasteiger partial charge on any atom is 0.416 e. The van der Waals surface area contributed by atoms with Crippen LogP contribution >= 0.6 is 0 Å². The quantitative estimate of drug-likeness (QED) is 0.938. The van der Waals surface area contributed by atoms with Gasteiger partial charge in [-0.25, -0.2) is 0 Å². The van der Waals surface area contributed by atoms with E-state index < -0.39 is 17.7 Å². The first-order chi connectivity index (χ1) is 9.38. The molecule has 0 spiro atoms. The van der Waals surface area contributed by atoms with Crippen molar-refractivity contribution in [1.29, 1.82) is 0 Å². The average Bonchev–Trinajstić information content (AvgIpc) is 2.38. The van der Waals surface area contributed by atoms with Gasteiger partial charge in [0.15, 0.2) is 0 Å². The summed E-state index contributed by atoms with van der Waals surface area (Å²) in [6, 6.07) is 7.79. The summed E-state index contributed by atoms with van der Waals surface area (Å²) in [6.07, 6.45) is -3.22. The van der Waals surface area contributed by atoms with E-state index >= 15 is 0 Å². The number of alkyl halides is 3. The summed E-state index contributed by atoms with van der Waals surface area (Å²) in [6.45, 7) is 0. The van der Waals surface area contributed by atoms with Gasteiger partial charge < -0.3 is 5.11 Å². The van der Waals surface area contributed by atoms with Crippen LogP contribution in [0.4, 0.5) is 13.2 Å². The minimum Gasteiger partial charge on any atom is -0.481 e. The number of carboxylic acids is 1. The minimum absolute atomic E-state index is 0.281. The molecule has 2 rings (SSSR count). The fourth-order valence-corrected chi connectivity index (χ4v) is 1.82. The summed E-state index contributed by atoms with van der Waals surface area (Å²) in [5.41, 5.74) is 0.593. The second-order valence-electron chi connectivity index (χ2n) is 4.14. The van der Waals surface area contributed by atoms with E-state index in [1.807, 2.05) is 0 Å². The molecule has 0 aliphatic carbocycles. The van der Waals surface area contributed by atoms with E-state index in [-0.39, 0.29) is 6.42 Å². The van der Waals surface area contributed by atoms with Crippen molar-refractivity contribution in [2.75, 3.05) is 0 Å². The highest BCUT2D eigenvalue weighted by Crippen LogP contribution is 2.31. The third kappa shape index (κ3) is 3.14. The molecule has 1 aromatic carbocycles. The second kappa shape index (κ2) is 5.32. The molecule has 0 aliphatic rings. The normalized spacial score (nSPS) is 11.3. The molecule has 0 saturated carbocycles. The van der Waals surface area contributed by atoms with E-state index in [9.17, 15) is 18.0 Å². The summed E-state index contributed by atoms with van der Waals surface area (Å²) >= 11 is 0. The summed E-state index contributed by atoms with van der Waals surface area (Å²) in [4.78, 5) is 14.7. The Kier molecular flexibility index (Phi) is 3.74. The molecule has 6 heteroatoms. The van der Waals surface area contributed by atoms with Crippen LogP contribution in [0.2, 0.25) is 0 Å². The van der Waals surface area contributed by atoms with Gasteiger partial charge in [0.25, 0.3) is 0 Å². The molecular formula is C14H10F3NO2. The number of pyridine rings is 1. The zero-order valence-corrected chi connectivity index (χ0v) is 10.2. The fraction of sp³-hybridized carbons (Fsp3) is 0.143. The van der Waals surface area contributed by atoms with Crippen molar-refractivity contribution in [2.24, 2.45) is 0 Å². The third-order valence-electron chi connectivity index (χ3n) is 2.73. The highest BCUT2D eigenvalue weighted by molar-refractivity contribution is 5.75. The molecule has 104 valence electrons. The zero-order chi connectivity index (χ0) is 14.8. The zero-order valence-electron chi connectivity index (χ0n) is 10.2. The molecule has 0 bridgehead atoms. The number of hydrogen-bond donors (Lipinski definition) is 1. The van der Waals surface area contributed by atoms with Gasteiger partial charge in [0.1, 0.15) is 0 Å². The van der Waals surface area contributed by atoms with Gasteiger partial charge >= 0.3 is 12.1 Å². The first-order valence-corrected chi connectivity index (χ1v) is 5.71. The maximum atomic E-state index is 12.5. The largest absolute Gasteiger partial charge is 0.481 e. The molecule has 0 unspecified atom stereocenters. The number of hydrogen-bond acceptors (Lipinski definition) is 2. The van der Waals surface area contributed by atoms with Crippen LogP contribution in [0, 0.1) is 0 Å². The Morgan fingerprint density at radius 3 is 2.35 bits per heavy atom. The Hall–Kier alpha value is -2.37. The average molecular weight is 281 g/mol. The molecule has 0 radical (unpaired) electrons. The van der Waals surface area contributed by atoms with Gasteiger partial charge in [-0.05, 0) is 23.8 Å². The van der Waals surface area contributed by atoms with Gasteiger partial charge in [0.2, 0.25) is 0 Å². The molecule has 3 nitrogen and oxygen atoms in total. The lowest BCUT2D eigenvalue weighted by molar-refractivity contribution is -0.138. The monoisotopic (exact) mass is 281 g/mol. The number of carboxylic acid groups (broad SMARTS) is 1. The van der Waals surface area contributed by atoms with Crippen molar-refractivity contribution < 1.29 is 23.1 Å². The number of rotatable bonds is 3. The van der Waals surface area contributed by atoms with Crippen molar-refractivity contribution in [1.82, 2.24) is 4.98 Å². The van der Waals surface area contributed by atoms with E-state index in [1.165, 1.54) is 18.3 Å². The van der Waals surface area contributed by atoms with Gasteiger partial charge in [0.05, 0.1) is 17.7 Å². The first-order valence-electron chi connectivity index (χ1n) is 5.71. The van der Waals surface area contributed by atoms with Crippen molar-refractivity contribution in [3.63, 3.8) is 0 Å². The van der Waals surface area contributed by atoms with Gasteiger partial charge in [0, 0.05) is 11.8 Å². The van der Waals surface area contributed by atoms with Crippen LogP contribution in [0.5, 0.6) is 0 Å². The van der Waals surface area contributed by atoms with Crippen molar-refractivity contribution >= 4 is 5.97 Å². The van der Waals surface area contributed by atoms with Crippen LogP contribution in [0.25, 0.3) is 11.1 Å². The Labute approximate surface area is 112 Å². The number of carbonyl (C=O) groups is 1. The lowest BCUT2D eigenvalue weighted by atomic mass is 10.0.